The normalized spacial score (nSPS) is 9.74. The molecular formula is C27H28O10S. The maximum atomic E-state index is 12.3. The molecule has 0 radical (unpaired) electrons. The Morgan fingerprint density at radius 1 is 0.658 bits per heavy atom. The summed E-state index contributed by atoms with van der Waals surface area (Å²) in [4.78, 5) is 23.5. The summed E-state index contributed by atoms with van der Waals surface area (Å²) in [6, 6.07) is 28.5. The van der Waals surface area contributed by atoms with Crippen LogP contribution in [0.3, 0.4) is 0 Å². The van der Waals surface area contributed by atoms with Crippen LogP contribution in [0.15, 0.2) is 108 Å². The molecule has 4 aromatic carbocycles. The molecule has 0 aromatic heterocycles. The van der Waals surface area contributed by atoms with Gasteiger partial charge in [-0.15, -0.1) is 0 Å². The molecular weight excluding hydrogens is 516 g/mol. The number of phenolic OH excluding ortho intramolecular Hbond substituents is 1. The minimum atomic E-state index is -4.59. The molecule has 8 N–H and O–H groups in total. The summed E-state index contributed by atoms with van der Waals surface area (Å²) in [5, 5.41) is 9.87. The Morgan fingerprint density at radius 2 is 1.03 bits per heavy atom. The fourth-order valence-corrected chi connectivity index (χ4v) is 3.85. The number of benzene rings is 4. The predicted octanol–water partition coefficient (Wildman–Crippen LogP) is 2.32. The number of carbonyl (C=O) groups is 2. The predicted molar refractivity (Wildman–Crippen MR) is 142 cm³/mol. The van der Waals surface area contributed by atoms with E-state index in [2.05, 4.69) is 0 Å². The third kappa shape index (κ3) is 8.34. The SMILES string of the molecule is COc1cc(O)c(C(=O)c2ccccc2)cc1S(=O)(=O)O.O.O.O.O=C(c1ccccc1)c1ccccc1. The zero-order valence-corrected chi connectivity index (χ0v) is 21.0. The Hall–Kier alpha value is -4.39. The molecule has 0 bridgehead atoms. The molecule has 202 valence electrons. The van der Waals surface area contributed by atoms with Gasteiger partial charge >= 0.3 is 0 Å². The number of rotatable bonds is 6. The summed E-state index contributed by atoms with van der Waals surface area (Å²) in [5.74, 6) is -1.18. The van der Waals surface area contributed by atoms with Crippen molar-refractivity contribution in [2.45, 2.75) is 4.90 Å². The molecule has 0 fully saturated rings. The molecule has 0 atom stereocenters. The van der Waals surface area contributed by atoms with Crippen LogP contribution in [0.1, 0.15) is 31.8 Å². The van der Waals surface area contributed by atoms with Gasteiger partial charge in [0.1, 0.15) is 16.4 Å². The molecule has 4 rings (SSSR count). The summed E-state index contributed by atoms with van der Waals surface area (Å²) >= 11 is 0. The average Bonchev–Trinajstić information content (AvgIpc) is 2.89. The number of aromatic hydroxyl groups is 1. The van der Waals surface area contributed by atoms with Crippen molar-refractivity contribution in [3.8, 4) is 11.5 Å². The van der Waals surface area contributed by atoms with Crippen LogP contribution < -0.4 is 4.74 Å². The van der Waals surface area contributed by atoms with Gasteiger partial charge in [-0.25, -0.2) is 0 Å². The Bertz CT molecular complexity index is 1380. The first-order chi connectivity index (χ1) is 16.7. The highest BCUT2D eigenvalue weighted by Crippen LogP contribution is 2.32. The monoisotopic (exact) mass is 544 g/mol. The molecule has 0 amide bonds. The molecule has 4 aromatic rings. The summed E-state index contributed by atoms with van der Waals surface area (Å²) in [5.41, 5.74) is 1.51. The smallest absolute Gasteiger partial charge is 0.298 e. The molecule has 10 nitrogen and oxygen atoms in total. The van der Waals surface area contributed by atoms with Gasteiger partial charge in [-0.1, -0.05) is 91.0 Å². The van der Waals surface area contributed by atoms with Gasteiger partial charge < -0.3 is 26.3 Å². The number of hydrogen-bond donors (Lipinski definition) is 2. The number of hydrogen-bond acceptors (Lipinski definition) is 6. The van der Waals surface area contributed by atoms with Crippen molar-refractivity contribution in [3.63, 3.8) is 0 Å². The summed E-state index contributed by atoms with van der Waals surface area (Å²) in [7, 11) is -3.41. The van der Waals surface area contributed by atoms with Crippen LogP contribution in [0.2, 0.25) is 0 Å². The Morgan fingerprint density at radius 3 is 1.37 bits per heavy atom. The van der Waals surface area contributed by atoms with Crippen molar-refractivity contribution in [3.05, 3.63) is 125 Å². The fraction of sp³-hybridized carbons (Fsp3) is 0.0370. The Kier molecular flexibility index (Phi) is 13.3. The van der Waals surface area contributed by atoms with E-state index < -0.39 is 26.5 Å². The summed E-state index contributed by atoms with van der Waals surface area (Å²) in [6.07, 6.45) is 0. The maximum Gasteiger partial charge on any atom is 0.298 e. The number of methoxy groups -OCH3 is 1. The lowest BCUT2D eigenvalue weighted by Gasteiger charge is -2.10. The van der Waals surface area contributed by atoms with Gasteiger partial charge in [0.25, 0.3) is 10.1 Å². The van der Waals surface area contributed by atoms with Crippen LogP contribution in [-0.4, -0.2) is 53.2 Å². The lowest BCUT2D eigenvalue weighted by molar-refractivity contribution is 0.102. The van der Waals surface area contributed by atoms with Crippen LogP contribution in [-0.2, 0) is 10.1 Å². The maximum absolute atomic E-state index is 12.3. The van der Waals surface area contributed by atoms with E-state index in [1.54, 1.807) is 18.2 Å². The minimum Gasteiger partial charge on any atom is -0.507 e. The van der Waals surface area contributed by atoms with Gasteiger partial charge in [-0.3, -0.25) is 14.1 Å². The Balaban J connectivity index is 0.000000710. The highest BCUT2D eigenvalue weighted by Gasteiger charge is 2.23. The highest BCUT2D eigenvalue weighted by molar-refractivity contribution is 7.86. The molecule has 0 saturated carbocycles. The van der Waals surface area contributed by atoms with Gasteiger partial charge in [0, 0.05) is 22.8 Å². The molecule has 0 aliphatic rings. The van der Waals surface area contributed by atoms with Gasteiger partial charge in [0.05, 0.1) is 12.7 Å². The lowest BCUT2D eigenvalue weighted by Crippen LogP contribution is -2.07. The van der Waals surface area contributed by atoms with Crippen molar-refractivity contribution < 1.29 is 48.8 Å². The van der Waals surface area contributed by atoms with E-state index in [0.29, 0.717) is 0 Å². The van der Waals surface area contributed by atoms with Crippen LogP contribution in [0.4, 0.5) is 0 Å². The second kappa shape index (κ2) is 15.0. The molecule has 38 heavy (non-hydrogen) atoms. The van der Waals surface area contributed by atoms with Crippen molar-refractivity contribution >= 4 is 21.7 Å². The van der Waals surface area contributed by atoms with Gasteiger partial charge in [0.2, 0.25) is 0 Å². The first kappa shape index (κ1) is 33.6. The van der Waals surface area contributed by atoms with E-state index >= 15 is 0 Å². The van der Waals surface area contributed by atoms with Crippen LogP contribution in [0.5, 0.6) is 11.5 Å². The third-order valence-electron chi connectivity index (χ3n) is 4.91. The number of ketones is 2. The summed E-state index contributed by atoms with van der Waals surface area (Å²) < 4.78 is 36.6. The van der Waals surface area contributed by atoms with Crippen molar-refractivity contribution in [2.75, 3.05) is 7.11 Å². The van der Waals surface area contributed by atoms with E-state index in [1.165, 1.54) is 19.2 Å². The van der Waals surface area contributed by atoms with Gasteiger partial charge in [0.15, 0.2) is 11.6 Å². The van der Waals surface area contributed by atoms with E-state index in [9.17, 15) is 23.1 Å². The second-order valence-corrected chi connectivity index (χ2v) is 8.64. The lowest BCUT2D eigenvalue weighted by atomic mass is 10.0. The minimum absolute atomic E-state index is 0. The number of phenols is 1. The highest BCUT2D eigenvalue weighted by atomic mass is 32.2. The van der Waals surface area contributed by atoms with E-state index in [0.717, 1.165) is 23.3 Å². The topological polar surface area (TPSA) is 212 Å². The largest absolute Gasteiger partial charge is 0.507 e. The van der Waals surface area contributed by atoms with E-state index in [-0.39, 0.29) is 39.1 Å². The molecule has 0 spiro atoms. The number of carbonyl (C=O) groups excluding carboxylic acids is 2. The van der Waals surface area contributed by atoms with Crippen molar-refractivity contribution in [1.29, 1.82) is 0 Å². The summed E-state index contributed by atoms with van der Waals surface area (Å²) in [6.45, 7) is 0. The molecule has 11 heteroatoms. The van der Waals surface area contributed by atoms with Crippen LogP contribution >= 0.6 is 0 Å². The quantitative estimate of drug-likeness (QED) is 0.273. The van der Waals surface area contributed by atoms with Gasteiger partial charge in [-0.05, 0) is 6.07 Å². The van der Waals surface area contributed by atoms with E-state index in [4.69, 9.17) is 9.29 Å². The van der Waals surface area contributed by atoms with Crippen LogP contribution in [0, 0.1) is 0 Å². The third-order valence-corrected chi connectivity index (χ3v) is 5.79. The van der Waals surface area contributed by atoms with Crippen molar-refractivity contribution in [1.82, 2.24) is 0 Å². The zero-order chi connectivity index (χ0) is 25.4. The molecule has 0 saturated heterocycles. The van der Waals surface area contributed by atoms with Gasteiger partial charge in [-0.2, -0.15) is 8.42 Å². The molecule has 0 heterocycles. The second-order valence-electron chi connectivity index (χ2n) is 7.25. The van der Waals surface area contributed by atoms with Crippen LogP contribution in [0.25, 0.3) is 0 Å². The average molecular weight is 545 g/mol. The number of ether oxygens (including phenoxy) is 1. The molecule has 0 aliphatic heterocycles. The zero-order valence-electron chi connectivity index (χ0n) is 20.2. The molecule has 0 unspecified atom stereocenters. The van der Waals surface area contributed by atoms with E-state index in [1.807, 2.05) is 60.7 Å². The first-order valence-corrected chi connectivity index (χ1v) is 11.8. The standard InChI is InChI=1S/C14H12O6S.C13H10O.3H2O/c1-20-12-8-11(15)10(7-13(12)21(17,18)19)14(16)9-5-3-2-4-6-9;14-13(11-7-3-1-4-8-11)12-9-5-2-6-10-12;;;/h2-8,15H,1H3,(H,17,18,19);1-10H;3*1H2. The van der Waals surface area contributed by atoms with Crippen molar-refractivity contribution in [2.24, 2.45) is 0 Å². The Labute approximate surface area is 219 Å². The fourth-order valence-electron chi connectivity index (χ4n) is 3.18. The first-order valence-electron chi connectivity index (χ1n) is 10.4. The molecule has 0 aliphatic carbocycles.